The lowest BCUT2D eigenvalue weighted by molar-refractivity contribution is -0.148. The third-order valence-corrected chi connectivity index (χ3v) is 7.24. The number of carboxylic acids is 1. The van der Waals surface area contributed by atoms with Crippen molar-refractivity contribution in [3.8, 4) is 5.75 Å². The van der Waals surface area contributed by atoms with Crippen LogP contribution in [0.15, 0.2) is 24.3 Å². The van der Waals surface area contributed by atoms with Crippen molar-refractivity contribution in [3.63, 3.8) is 0 Å². The van der Waals surface area contributed by atoms with E-state index >= 15 is 0 Å². The molecule has 2 aliphatic heterocycles. The minimum Gasteiger partial charge on any atom is -0.508 e. The number of hydrogen-bond acceptors (Lipinski definition) is 7. The van der Waals surface area contributed by atoms with Gasteiger partial charge in [0.2, 0.25) is 17.7 Å². The van der Waals surface area contributed by atoms with Gasteiger partial charge in [0.1, 0.15) is 23.9 Å². The largest absolute Gasteiger partial charge is 0.508 e. The fraction of sp³-hybridized carbons (Fsp3) is 0.583. The molecule has 3 amide bonds. The third-order valence-electron chi connectivity index (χ3n) is 6.59. The Morgan fingerprint density at radius 3 is 2.34 bits per heavy atom. The van der Waals surface area contributed by atoms with Crippen LogP contribution in [0.25, 0.3) is 0 Å². The molecule has 3 rings (SSSR count). The van der Waals surface area contributed by atoms with E-state index in [1.807, 2.05) is 6.26 Å². The number of nitrogens with one attached hydrogen (secondary N) is 1. The Labute approximate surface area is 209 Å². The highest BCUT2D eigenvalue weighted by Crippen LogP contribution is 2.26. The van der Waals surface area contributed by atoms with Gasteiger partial charge in [0.05, 0.1) is 6.04 Å². The van der Waals surface area contributed by atoms with Crippen molar-refractivity contribution in [2.75, 3.05) is 25.1 Å². The predicted molar refractivity (Wildman–Crippen MR) is 132 cm³/mol. The number of carboxylic acid groups (broad SMARTS) is 1. The number of rotatable bonds is 10. The smallest absolute Gasteiger partial charge is 0.326 e. The van der Waals surface area contributed by atoms with Crippen molar-refractivity contribution in [3.05, 3.63) is 29.8 Å². The maximum Gasteiger partial charge on any atom is 0.326 e. The zero-order valence-electron chi connectivity index (χ0n) is 19.9. The second-order valence-corrected chi connectivity index (χ2v) is 10.0. The first-order valence-corrected chi connectivity index (χ1v) is 13.3. The average Bonchev–Trinajstić information content (AvgIpc) is 3.52. The van der Waals surface area contributed by atoms with Crippen molar-refractivity contribution in [1.29, 1.82) is 0 Å². The Morgan fingerprint density at radius 2 is 1.71 bits per heavy atom. The number of nitrogens with zero attached hydrogens (tertiary/aromatic N) is 2. The van der Waals surface area contributed by atoms with E-state index < -0.39 is 36.0 Å². The fourth-order valence-corrected chi connectivity index (χ4v) is 5.20. The molecule has 4 unspecified atom stereocenters. The standard InChI is InChI=1S/C24H34N4O6S/c1-35-13-10-18(24(33)34)26-21(30)19-4-2-11-27(19)23(32)20-5-3-12-28(20)22(31)17(25)14-15-6-8-16(29)9-7-15/h6-9,17-20,29H,2-5,10-14,25H2,1H3,(H,26,30)(H,33,34). The zero-order chi connectivity index (χ0) is 25.5. The summed E-state index contributed by atoms with van der Waals surface area (Å²) in [6, 6.07) is 3.19. The molecule has 11 heteroatoms. The number of aliphatic carboxylic acids is 1. The molecule has 0 saturated carbocycles. The summed E-state index contributed by atoms with van der Waals surface area (Å²) in [6.45, 7) is 0.802. The van der Waals surface area contributed by atoms with Crippen LogP contribution in [-0.4, -0.2) is 93.0 Å². The maximum absolute atomic E-state index is 13.5. The molecule has 2 aliphatic rings. The summed E-state index contributed by atoms with van der Waals surface area (Å²) in [5.74, 6) is -1.46. The summed E-state index contributed by atoms with van der Waals surface area (Å²) in [4.78, 5) is 54.0. The molecule has 1 aromatic rings. The number of likely N-dealkylation sites (tertiary alicyclic amines) is 2. The number of carbonyl (C=O) groups excluding carboxylic acids is 3. The van der Waals surface area contributed by atoms with Gasteiger partial charge in [-0.1, -0.05) is 12.1 Å². The molecule has 192 valence electrons. The Morgan fingerprint density at radius 1 is 1.09 bits per heavy atom. The van der Waals surface area contributed by atoms with E-state index in [-0.39, 0.29) is 24.0 Å². The number of hydrogen-bond donors (Lipinski definition) is 4. The highest BCUT2D eigenvalue weighted by molar-refractivity contribution is 7.98. The van der Waals surface area contributed by atoms with Gasteiger partial charge in [-0.15, -0.1) is 0 Å². The van der Waals surface area contributed by atoms with Gasteiger partial charge >= 0.3 is 5.97 Å². The Kier molecular flexibility index (Phi) is 9.39. The monoisotopic (exact) mass is 506 g/mol. The summed E-state index contributed by atoms with van der Waals surface area (Å²) in [6.07, 6.45) is 4.68. The molecule has 2 heterocycles. The summed E-state index contributed by atoms with van der Waals surface area (Å²) < 4.78 is 0. The summed E-state index contributed by atoms with van der Waals surface area (Å²) in [7, 11) is 0. The molecule has 0 aliphatic carbocycles. The van der Waals surface area contributed by atoms with Gasteiger partial charge < -0.3 is 31.1 Å². The number of aromatic hydroxyl groups is 1. The lowest BCUT2D eigenvalue weighted by Crippen LogP contribution is -2.56. The zero-order valence-corrected chi connectivity index (χ0v) is 20.7. The molecule has 0 bridgehead atoms. The number of thioether (sulfide) groups is 1. The van der Waals surface area contributed by atoms with Crippen LogP contribution in [0.4, 0.5) is 0 Å². The lowest BCUT2D eigenvalue weighted by Gasteiger charge is -2.32. The molecule has 2 fully saturated rings. The molecule has 0 radical (unpaired) electrons. The number of benzene rings is 1. The van der Waals surface area contributed by atoms with Crippen LogP contribution >= 0.6 is 11.8 Å². The van der Waals surface area contributed by atoms with Crippen LogP contribution in [0.1, 0.15) is 37.7 Å². The van der Waals surface area contributed by atoms with Gasteiger partial charge in [-0.25, -0.2) is 4.79 Å². The number of amides is 3. The Bertz CT molecular complexity index is 927. The molecule has 4 atom stereocenters. The topological polar surface area (TPSA) is 153 Å². The summed E-state index contributed by atoms with van der Waals surface area (Å²) >= 11 is 1.50. The molecule has 2 saturated heterocycles. The predicted octanol–water partition coefficient (Wildman–Crippen LogP) is 0.567. The number of nitrogens with two attached hydrogens (primary N) is 1. The Balaban J connectivity index is 1.65. The number of phenols is 1. The van der Waals surface area contributed by atoms with Gasteiger partial charge in [0.25, 0.3) is 0 Å². The molecular weight excluding hydrogens is 472 g/mol. The van der Waals surface area contributed by atoms with Gasteiger partial charge in [0.15, 0.2) is 0 Å². The van der Waals surface area contributed by atoms with E-state index in [0.29, 0.717) is 50.9 Å². The Hall–Kier alpha value is -2.79. The van der Waals surface area contributed by atoms with Crippen molar-refractivity contribution >= 4 is 35.5 Å². The van der Waals surface area contributed by atoms with Crippen molar-refractivity contribution in [2.45, 2.75) is 62.7 Å². The first kappa shape index (κ1) is 26.8. The first-order valence-electron chi connectivity index (χ1n) is 11.9. The molecule has 5 N–H and O–H groups in total. The van der Waals surface area contributed by atoms with E-state index in [1.165, 1.54) is 33.7 Å². The molecule has 10 nitrogen and oxygen atoms in total. The summed E-state index contributed by atoms with van der Waals surface area (Å²) in [5.41, 5.74) is 6.98. The number of carbonyl (C=O) groups is 4. The van der Waals surface area contributed by atoms with Crippen LogP contribution < -0.4 is 11.1 Å². The number of phenolic OH excluding ortho intramolecular Hbond substituents is 1. The molecule has 35 heavy (non-hydrogen) atoms. The van der Waals surface area contributed by atoms with Crippen LogP contribution in [0.5, 0.6) is 5.75 Å². The molecule has 0 spiro atoms. The van der Waals surface area contributed by atoms with Crippen LogP contribution in [0.2, 0.25) is 0 Å². The van der Waals surface area contributed by atoms with Gasteiger partial charge in [-0.2, -0.15) is 11.8 Å². The lowest BCUT2D eigenvalue weighted by atomic mass is 10.0. The van der Waals surface area contributed by atoms with E-state index in [2.05, 4.69) is 5.32 Å². The van der Waals surface area contributed by atoms with Gasteiger partial charge in [-0.05, 0) is 68.2 Å². The van der Waals surface area contributed by atoms with E-state index in [1.54, 1.807) is 12.1 Å². The minimum atomic E-state index is -1.10. The molecule has 1 aromatic carbocycles. The minimum absolute atomic E-state index is 0.127. The highest BCUT2D eigenvalue weighted by atomic mass is 32.2. The fourth-order valence-electron chi connectivity index (χ4n) is 4.73. The third kappa shape index (κ3) is 6.66. The molecular formula is C24H34N4O6S. The second kappa shape index (κ2) is 12.3. The van der Waals surface area contributed by atoms with E-state index in [9.17, 15) is 29.4 Å². The van der Waals surface area contributed by atoms with Gasteiger partial charge in [-0.3, -0.25) is 14.4 Å². The average molecular weight is 507 g/mol. The molecule has 0 aromatic heterocycles. The quantitative estimate of drug-likeness (QED) is 0.359. The second-order valence-electron chi connectivity index (χ2n) is 9.04. The first-order chi connectivity index (χ1) is 16.7. The normalized spacial score (nSPS) is 21.5. The van der Waals surface area contributed by atoms with Crippen LogP contribution in [0.3, 0.4) is 0 Å². The highest BCUT2D eigenvalue weighted by Gasteiger charge is 2.43. The van der Waals surface area contributed by atoms with Crippen molar-refractivity contribution in [1.82, 2.24) is 15.1 Å². The van der Waals surface area contributed by atoms with Crippen molar-refractivity contribution in [2.24, 2.45) is 5.73 Å². The van der Waals surface area contributed by atoms with Crippen LogP contribution in [0, 0.1) is 0 Å². The van der Waals surface area contributed by atoms with E-state index in [4.69, 9.17) is 5.73 Å². The SMILES string of the molecule is CSCCC(NC(=O)C1CCCN1C(=O)C1CCCN1C(=O)C(N)Cc1ccc(O)cc1)C(=O)O. The maximum atomic E-state index is 13.5. The summed E-state index contributed by atoms with van der Waals surface area (Å²) in [5, 5.41) is 21.5. The van der Waals surface area contributed by atoms with Gasteiger partial charge in [0, 0.05) is 13.1 Å². The van der Waals surface area contributed by atoms with E-state index in [0.717, 1.165) is 5.56 Å². The van der Waals surface area contributed by atoms with Crippen LogP contribution in [-0.2, 0) is 25.6 Å². The van der Waals surface area contributed by atoms with Crippen molar-refractivity contribution < 1.29 is 29.4 Å².